The molecule has 0 heterocycles. The first kappa shape index (κ1) is 10.9. The molecule has 0 aromatic heterocycles. The van der Waals surface area contributed by atoms with E-state index in [1.807, 2.05) is 19.9 Å². The normalized spacial score (nSPS) is 11.3. The maximum Gasteiger partial charge on any atom is 0.160 e. The van der Waals surface area contributed by atoms with Crippen LogP contribution in [0, 0.1) is 0 Å². The summed E-state index contributed by atoms with van der Waals surface area (Å²) in [5, 5.41) is 19.2. The van der Waals surface area contributed by atoms with Gasteiger partial charge in [-0.05, 0) is 23.5 Å². The van der Waals surface area contributed by atoms with Crippen LogP contribution in [0.2, 0.25) is 0 Å². The molecule has 1 aromatic rings. The summed E-state index contributed by atoms with van der Waals surface area (Å²) in [5.41, 5.74) is 1.87. The van der Waals surface area contributed by atoms with Gasteiger partial charge in [0.2, 0.25) is 0 Å². The highest BCUT2D eigenvalue weighted by Crippen LogP contribution is 2.36. The first-order valence-corrected chi connectivity index (χ1v) is 4.99. The molecule has 0 saturated carbocycles. The fourth-order valence-corrected chi connectivity index (χ4v) is 1.44. The van der Waals surface area contributed by atoms with E-state index in [0.717, 1.165) is 11.1 Å². The first-order chi connectivity index (χ1) is 6.43. The van der Waals surface area contributed by atoms with Gasteiger partial charge in [0.05, 0.1) is 0 Å². The minimum Gasteiger partial charge on any atom is -0.504 e. The van der Waals surface area contributed by atoms with Crippen LogP contribution in [0.4, 0.5) is 0 Å². The Morgan fingerprint density at radius 1 is 0.929 bits per heavy atom. The fraction of sp³-hybridized carbons (Fsp3) is 0.500. The molecule has 0 aliphatic heterocycles. The second-order valence-electron chi connectivity index (χ2n) is 4.29. The maximum atomic E-state index is 9.62. The Morgan fingerprint density at radius 3 is 1.93 bits per heavy atom. The lowest BCUT2D eigenvalue weighted by atomic mass is 9.94. The molecule has 2 N–H and O–H groups in total. The SMILES string of the molecule is CC(C)c1cc(O)c(O)c(C(C)C)c1. The third-order valence-electron chi connectivity index (χ3n) is 2.43. The predicted octanol–water partition coefficient (Wildman–Crippen LogP) is 3.34. The Bertz CT molecular complexity index is 327. The van der Waals surface area contributed by atoms with E-state index in [1.54, 1.807) is 6.07 Å². The van der Waals surface area contributed by atoms with Gasteiger partial charge in [-0.2, -0.15) is 0 Å². The molecule has 78 valence electrons. The summed E-state index contributed by atoms with van der Waals surface area (Å²) in [6, 6.07) is 3.59. The lowest BCUT2D eigenvalue weighted by Crippen LogP contribution is -1.94. The zero-order chi connectivity index (χ0) is 10.9. The zero-order valence-electron chi connectivity index (χ0n) is 9.20. The number of hydrogen-bond acceptors (Lipinski definition) is 2. The van der Waals surface area contributed by atoms with E-state index < -0.39 is 0 Å². The maximum absolute atomic E-state index is 9.62. The number of aromatic hydroxyl groups is 2. The Labute approximate surface area is 85.2 Å². The molecule has 2 heteroatoms. The van der Waals surface area contributed by atoms with Crippen molar-refractivity contribution in [3.05, 3.63) is 23.3 Å². The number of rotatable bonds is 2. The van der Waals surface area contributed by atoms with Crippen LogP contribution in [0.3, 0.4) is 0 Å². The highest BCUT2D eigenvalue weighted by atomic mass is 16.3. The van der Waals surface area contributed by atoms with Crippen molar-refractivity contribution in [3.63, 3.8) is 0 Å². The Balaban J connectivity index is 3.28. The van der Waals surface area contributed by atoms with Gasteiger partial charge in [0.15, 0.2) is 11.5 Å². The van der Waals surface area contributed by atoms with E-state index in [1.165, 1.54) is 0 Å². The van der Waals surface area contributed by atoms with Crippen molar-refractivity contribution in [1.82, 2.24) is 0 Å². The molecule has 0 atom stereocenters. The highest BCUT2D eigenvalue weighted by molar-refractivity contribution is 5.49. The third-order valence-corrected chi connectivity index (χ3v) is 2.43. The van der Waals surface area contributed by atoms with Crippen LogP contribution in [0.1, 0.15) is 50.7 Å². The number of hydrogen-bond donors (Lipinski definition) is 2. The predicted molar refractivity (Wildman–Crippen MR) is 57.9 cm³/mol. The van der Waals surface area contributed by atoms with E-state index in [-0.39, 0.29) is 17.4 Å². The molecule has 0 aliphatic rings. The number of phenolic OH excluding ortho intramolecular Hbond substituents is 2. The summed E-state index contributed by atoms with van der Waals surface area (Å²) in [5.74, 6) is 0.586. The minimum absolute atomic E-state index is 0.0140. The fourth-order valence-electron chi connectivity index (χ4n) is 1.44. The van der Waals surface area contributed by atoms with Crippen molar-refractivity contribution in [2.24, 2.45) is 0 Å². The molecule has 0 spiro atoms. The summed E-state index contributed by atoms with van der Waals surface area (Å²) < 4.78 is 0. The van der Waals surface area contributed by atoms with Gasteiger partial charge in [-0.3, -0.25) is 0 Å². The van der Waals surface area contributed by atoms with Crippen LogP contribution < -0.4 is 0 Å². The van der Waals surface area contributed by atoms with Crippen LogP contribution in [0.15, 0.2) is 12.1 Å². The van der Waals surface area contributed by atoms with Crippen molar-refractivity contribution in [2.75, 3.05) is 0 Å². The van der Waals surface area contributed by atoms with Crippen LogP contribution in [0.25, 0.3) is 0 Å². The topological polar surface area (TPSA) is 40.5 Å². The van der Waals surface area contributed by atoms with E-state index in [2.05, 4.69) is 13.8 Å². The molecular weight excluding hydrogens is 176 g/mol. The number of phenols is 2. The van der Waals surface area contributed by atoms with Gasteiger partial charge in [-0.1, -0.05) is 33.8 Å². The molecule has 0 fully saturated rings. The molecule has 0 unspecified atom stereocenters. The summed E-state index contributed by atoms with van der Waals surface area (Å²) >= 11 is 0. The Hall–Kier alpha value is -1.18. The van der Waals surface area contributed by atoms with Crippen molar-refractivity contribution in [3.8, 4) is 11.5 Å². The highest BCUT2D eigenvalue weighted by Gasteiger charge is 2.13. The summed E-state index contributed by atoms with van der Waals surface area (Å²) in [6.45, 7) is 8.13. The summed E-state index contributed by atoms with van der Waals surface area (Å²) in [6.07, 6.45) is 0. The monoisotopic (exact) mass is 194 g/mol. The van der Waals surface area contributed by atoms with Gasteiger partial charge in [0, 0.05) is 5.56 Å². The van der Waals surface area contributed by atoms with Crippen molar-refractivity contribution < 1.29 is 10.2 Å². The molecule has 14 heavy (non-hydrogen) atoms. The average molecular weight is 194 g/mol. The van der Waals surface area contributed by atoms with Gasteiger partial charge in [-0.15, -0.1) is 0 Å². The van der Waals surface area contributed by atoms with E-state index in [9.17, 15) is 10.2 Å². The third kappa shape index (κ3) is 2.00. The van der Waals surface area contributed by atoms with Crippen LogP contribution >= 0.6 is 0 Å². The van der Waals surface area contributed by atoms with Crippen LogP contribution in [-0.4, -0.2) is 10.2 Å². The van der Waals surface area contributed by atoms with Gasteiger partial charge in [0.1, 0.15) is 0 Å². The second-order valence-corrected chi connectivity index (χ2v) is 4.29. The Morgan fingerprint density at radius 2 is 1.50 bits per heavy atom. The molecule has 0 radical (unpaired) electrons. The van der Waals surface area contributed by atoms with E-state index in [4.69, 9.17) is 0 Å². The van der Waals surface area contributed by atoms with Crippen LogP contribution in [-0.2, 0) is 0 Å². The lowest BCUT2D eigenvalue weighted by Gasteiger charge is -2.14. The van der Waals surface area contributed by atoms with Crippen molar-refractivity contribution >= 4 is 0 Å². The molecule has 0 aliphatic carbocycles. The molecule has 0 bridgehead atoms. The van der Waals surface area contributed by atoms with Crippen molar-refractivity contribution in [1.29, 1.82) is 0 Å². The number of benzene rings is 1. The van der Waals surface area contributed by atoms with Crippen LogP contribution in [0.5, 0.6) is 11.5 Å². The quantitative estimate of drug-likeness (QED) is 0.709. The minimum atomic E-state index is -0.0140. The van der Waals surface area contributed by atoms with Crippen molar-refractivity contribution in [2.45, 2.75) is 39.5 Å². The van der Waals surface area contributed by atoms with Gasteiger partial charge < -0.3 is 10.2 Å². The molecule has 0 amide bonds. The van der Waals surface area contributed by atoms with E-state index >= 15 is 0 Å². The standard InChI is InChI=1S/C12H18O2/c1-7(2)9-5-10(8(3)4)12(14)11(13)6-9/h5-8,13-14H,1-4H3. The lowest BCUT2D eigenvalue weighted by molar-refractivity contribution is 0.396. The largest absolute Gasteiger partial charge is 0.504 e. The molecule has 2 nitrogen and oxygen atoms in total. The average Bonchev–Trinajstić information content (AvgIpc) is 2.08. The van der Waals surface area contributed by atoms with E-state index in [0.29, 0.717) is 5.92 Å². The van der Waals surface area contributed by atoms with Gasteiger partial charge in [-0.25, -0.2) is 0 Å². The summed E-state index contributed by atoms with van der Waals surface area (Å²) in [7, 11) is 0. The van der Waals surface area contributed by atoms with Gasteiger partial charge >= 0.3 is 0 Å². The summed E-state index contributed by atoms with van der Waals surface area (Å²) in [4.78, 5) is 0. The smallest absolute Gasteiger partial charge is 0.160 e. The molecule has 0 saturated heterocycles. The molecular formula is C12H18O2. The second kappa shape index (κ2) is 3.91. The Kier molecular flexibility index (Phi) is 3.04. The molecule has 1 rings (SSSR count). The first-order valence-electron chi connectivity index (χ1n) is 4.99. The zero-order valence-corrected chi connectivity index (χ0v) is 9.20. The van der Waals surface area contributed by atoms with Gasteiger partial charge in [0.25, 0.3) is 0 Å². The molecule has 1 aromatic carbocycles.